The van der Waals surface area contributed by atoms with E-state index >= 15 is 0 Å². The fourth-order valence-corrected chi connectivity index (χ4v) is 3.53. The number of rotatable bonds is 7. The van der Waals surface area contributed by atoms with Gasteiger partial charge < -0.3 is 14.8 Å². The number of ether oxygens (including phenoxy) is 2. The molecule has 0 aliphatic heterocycles. The highest BCUT2D eigenvalue weighted by Gasteiger charge is 2.13. The highest BCUT2D eigenvalue weighted by molar-refractivity contribution is 6.30. The molecule has 3 aromatic rings. The van der Waals surface area contributed by atoms with Crippen LogP contribution in [0, 0.1) is 13.8 Å². The minimum atomic E-state index is -0.299. The molecule has 0 atom stereocenters. The van der Waals surface area contributed by atoms with Crippen molar-refractivity contribution in [3.63, 3.8) is 0 Å². The highest BCUT2D eigenvalue weighted by Crippen LogP contribution is 2.29. The van der Waals surface area contributed by atoms with Gasteiger partial charge in [-0.15, -0.1) is 0 Å². The Morgan fingerprint density at radius 2 is 1.79 bits per heavy atom. The molecule has 1 heterocycles. The summed E-state index contributed by atoms with van der Waals surface area (Å²) in [5, 5.41) is 11.0. The summed E-state index contributed by atoms with van der Waals surface area (Å²) >= 11 is 5.94. The van der Waals surface area contributed by atoms with Gasteiger partial charge in [0.05, 0.1) is 19.9 Å². The molecule has 1 amide bonds. The minimum Gasteiger partial charge on any atom is -0.493 e. The first-order valence-electron chi connectivity index (χ1n) is 10.4. The first kappa shape index (κ1) is 24.1. The van der Waals surface area contributed by atoms with E-state index in [1.165, 1.54) is 0 Å². The summed E-state index contributed by atoms with van der Waals surface area (Å²) in [6, 6.07) is 12.0. The zero-order valence-corrected chi connectivity index (χ0v) is 20.2. The summed E-state index contributed by atoms with van der Waals surface area (Å²) in [7, 11) is 5.07. The Morgan fingerprint density at radius 1 is 1.09 bits per heavy atom. The van der Waals surface area contributed by atoms with Crippen molar-refractivity contribution in [2.45, 2.75) is 20.3 Å². The molecule has 0 saturated carbocycles. The molecule has 2 aromatic carbocycles. The number of carbonyl (C=O) groups is 1. The van der Waals surface area contributed by atoms with Crippen LogP contribution < -0.4 is 20.1 Å². The van der Waals surface area contributed by atoms with E-state index in [0.29, 0.717) is 46.7 Å². The van der Waals surface area contributed by atoms with Crippen LogP contribution in [0.1, 0.15) is 27.3 Å². The Balaban J connectivity index is 1.82. The molecular weight excluding hydrogens is 442 g/mol. The van der Waals surface area contributed by atoms with Crippen LogP contribution >= 0.6 is 11.6 Å². The van der Waals surface area contributed by atoms with Gasteiger partial charge in [0, 0.05) is 41.6 Å². The van der Waals surface area contributed by atoms with Crippen molar-refractivity contribution in [3.8, 4) is 11.5 Å². The molecule has 0 saturated heterocycles. The molecule has 0 bridgehead atoms. The Morgan fingerprint density at radius 3 is 2.39 bits per heavy atom. The number of aryl methyl sites for hydroxylation is 2. The number of halogens is 1. The average Bonchev–Trinajstić information content (AvgIpc) is 3.05. The van der Waals surface area contributed by atoms with Crippen molar-refractivity contribution in [3.05, 3.63) is 70.0 Å². The number of hydrogen-bond acceptors (Lipinski definition) is 5. The molecule has 1 aromatic heterocycles. The van der Waals surface area contributed by atoms with Crippen molar-refractivity contribution in [2.24, 2.45) is 12.0 Å². The third-order valence-corrected chi connectivity index (χ3v) is 5.53. The van der Waals surface area contributed by atoms with Gasteiger partial charge in [0.1, 0.15) is 0 Å². The molecule has 0 unspecified atom stereocenters. The number of benzene rings is 2. The van der Waals surface area contributed by atoms with Gasteiger partial charge in [-0.25, -0.2) is 0 Å². The van der Waals surface area contributed by atoms with Crippen LogP contribution in [0.25, 0.3) is 0 Å². The Kier molecular flexibility index (Phi) is 7.95. The second-order valence-corrected chi connectivity index (χ2v) is 7.85. The van der Waals surface area contributed by atoms with Gasteiger partial charge in [-0.2, -0.15) is 5.10 Å². The third kappa shape index (κ3) is 6.04. The number of aromatic nitrogens is 2. The fourth-order valence-electron chi connectivity index (χ4n) is 3.40. The molecular formula is C24H28ClN5O3. The van der Waals surface area contributed by atoms with E-state index in [2.05, 4.69) is 20.7 Å². The largest absolute Gasteiger partial charge is 0.493 e. The topological polar surface area (TPSA) is 89.8 Å². The predicted octanol–water partition coefficient (Wildman–Crippen LogP) is 4.15. The Bertz CT molecular complexity index is 1160. The lowest BCUT2D eigenvalue weighted by molar-refractivity contribution is 0.0977. The molecule has 33 heavy (non-hydrogen) atoms. The minimum absolute atomic E-state index is 0.299. The standard InChI is InChI=1S/C24H28ClN5O3/c1-15-20(16(2)30(3)29-15)12-13-26-24(28-23(31)17-6-8-18(25)9-7-17)27-19-10-11-21(32-4)22(14-19)33-5/h6-11,14H,12-13H2,1-5H3,(H2,26,27,28,31). The second-order valence-electron chi connectivity index (χ2n) is 7.41. The van der Waals surface area contributed by atoms with E-state index in [1.54, 1.807) is 50.6 Å². The number of anilines is 1. The highest BCUT2D eigenvalue weighted by atomic mass is 35.5. The number of aliphatic imine (C=N–C) groups is 1. The summed E-state index contributed by atoms with van der Waals surface area (Å²) in [6.07, 6.45) is 0.694. The fraction of sp³-hybridized carbons (Fsp3) is 0.292. The van der Waals surface area contributed by atoms with Crippen LogP contribution in [0.4, 0.5) is 5.69 Å². The predicted molar refractivity (Wildman–Crippen MR) is 131 cm³/mol. The van der Waals surface area contributed by atoms with Crippen molar-refractivity contribution < 1.29 is 14.3 Å². The summed E-state index contributed by atoms with van der Waals surface area (Å²) < 4.78 is 12.5. The molecule has 0 aliphatic carbocycles. The maximum Gasteiger partial charge on any atom is 0.257 e. The second kappa shape index (κ2) is 10.9. The normalized spacial score (nSPS) is 11.3. The molecule has 8 nitrogen and oxygen atoms in total. The van der Waals surface area contributed by atoms with Crippen molar-refractivity contribution in [1.82, 2.24) is 15.1 Å². The smallest absolute Gasteiger partial charge is 0.257 e. The Labute approximate surface area is 198 Å². The number of carbonyl (C=O) groups excluding carboxylic acids is 1. The van der Waals surface area contributed by atoms with Crippen LogP contribution in [0.15, 0.2) is 47.5 Å². The lowest BCUT2D eigenvalue weighted by Gasteiger charge is -2.14. The van der Waals surface area contributed by atoms with Gasteiger partial charge in [0.25, 0.3) is 5.91 Å². The zero-order valence-electron chi connectivity index (χ0n) is 19.4. The molecule has 0 spiro atoms. The Hall–Kier alpha value is -3.52. The van der Waals surface area contributed by atoms with Crippen molar-refractivity contribution in [2.75, 3.05) is 26.1 Å². The van der Waals surface area contributed by atoms with Crippen LogP contribution in [0.2, 0.25) is 5.02 Å². The van der Waals surface area contributed by atoms with Gasteiger partial charge >= 0.3 is 0 Å². The average molecular weight is 470 g/mol. The number of hydrogen-bond donors (Lipinski definition) is 2. The van der Waals surface area contributed by atoms with Crippen LogP contribution in [0.3, 0.4) is 0 Å². The van der Waals surface area contributed by atoms with Gasteiger partial charge in [-0.05, 0) is 62.2 Å². The molecule has 9 heteroatoms. The van der Waals surface area contributed by atoms with Gasteiger partial charge in [0.15, 0.2) is 11.5 Å². The molecule has 174 valence electrons. The summed E-state index contributed by atoms with van der Waals surface area (Å²) in [6.45, 7) is 4.48. The van der Waals surface area contributed by atoms with E-state index in [0.717, 1.165) is 17.0 Å². The number of nitrogens with zero attached hydrogens (tertiary/aromatic N) is 3. The monoisotopic (exact) mass is 469 g/mol. The van der Waals surface area contributed by atoms with Crippen LogP contribution in [-0.4, -0.2) is 42.4 Å². The van der Waals surface area contributed by atoms with E-state index in [9.17, 15) is 4.79 Å². The molecule has 0 radical (unpaired) electrons. The number of guanidine groups is 1. The van der Waals surface area contributed by atoms with Crippen LogP contribution in [0.5, 0.6) is 11.5 Å². The first-order chi connectivity index (χ1) is 15.8. The van der Waals surface area contributed by atoms with Crippen molar-refractivity contribution >= 4 is 29.2 Å². The summed E-state index contributed by atoms with van der Waals surface area (Å²) in [5.74, 6) is 1.19. The molecule has 0 fully saturated rings. The molecule has 2 N–H and O–H groups in total. The van der Waals surface area contributed by atoms with Crippen molar-refractivity contribution in [1.29, 1.82) is 0 Å². The maximum atomic E-state index is 12.8. The lowest BCUT2D eigenvalue weighted by Crippen LogP contribution is -2.36. The van der Waals surface area contributed by atoms with E-state index in [-0.39, 0.29) is 5.91 Å². The lowest BCUT2D eigenvalue weighted by atomic mass is 10.1. The van der Waals surface area contributed by atoms with E-state index < -0.39 is 0 Å². The zero-order chi connectivity index (χ0) is 24.0. The number of amides is 1. The molecule has 0 aliphatic rings. The summed E-state index contributed by atoms with van der Waals surface area (Å²) in [5.41, 5.74) is 4.39. The van der Waals surface area contributed by atoms with Gasteiger partial charge in [-0.3, -0.25) is 19.8 Å². The summed E-state index contributed by atoms with van der Waals surface area (Å²) in [4.78, 5) is 17.4. The van der Waals surface area contributed by atoms with E-state index in [4.69, 9.17) is 21.1 Å². The number of methoxy groups -OCH3 is 2. The quantitative estimate of drug-likeness (QED) is 0.401. The van der Waals surface area contributed by atoms with Gasteiger partial charge in [0.2, 0.25) is 5.96 Å². The third-order valence-electron chi connectivity index (χ3n) is 5.28. The van der Waals surface area contributed by atoms with Gasteiger partial charge in [-0.1, -0.05) is 11.6 Å². The van der Waals surface area contributed by atoms with Crippen LogP contribution in [-0.2, 0) is 13.5 Å². The SMILES string of the molecule is COc1ccc(NC(=NCCc2c(C)nn(C)c2C)NC(=O)c2ccc(Cl)cc2)cc1OC. The number of nitrogens with one attached hydrogen (secondary N) is 2. The van der Waals surface area contributed by atoms with E-state index in [1.807, 2.05) is 31.6 Å². The molecule has 3 rings (SSSR count). The maximum absolute atomic E-state index is 12.8. The first-order valence-corrected chi connectivity index (χ1v) is 10.8.